The van der Waals surface area contributed by atoms with Crippen molar-refractivity contribution >= 4 is 31.9 Å². The number of rotatable bonds is 4. The molecule has 106 valence electrons. The zero-order valence-corrected chi connectivity index (χ0v) is 13.9. The molecule has 0 heterocycles. The molecule has 1 N–H and O–H groups in total. The lowest BCUT2D eigenvalue weighted by atomic mass is 10.1. The molecule has 0 aliphatic heterocycles. The van der Waals surface area contributed by atoms with Crippen molar-refractivity contribution in [3.8, 4) is 5.75 Å². The maximum Gasteiger partial charge on any atom is 0.137 e. The second kappa shape index (κ2) is 6.70. The van der Waals surface area contributed by atoms with Crippen LogP contribution >= 0.6 is 31.9 Å². The molecule has 2 aromatic carbocycles. The van der Waals surface area contributed by atoms with E-state index in [0.717, 1.165) is 15.6 Å². The monoisotopic (exact) mass is 402 g/mol. The minimum Gasteiger partial charge on any atom is -0.488 e. The van der Waals surface area contributed by atoms with Gasteiger partial charge in [0.1, 0.15) is 18.2 Å². The van der Waals surface area contributed by atoms with Crippen LogP contribution in [0.5, 0.6) is 5.75 Å². The summed E-state index contributed by atoms with van der Waals surface area (Å²) in [6, 6.07) is 10.2. The van der Waals surface area contributed by atoms with Crippen LogP contribution < -0.4 is 4.74 Å². The maximum atomic E-state index is 13.2. The van der Waals surface area contributed by atoms with Crippen LogP contribution in [0.1, 0.15) is 24.2 Å². The van der Waals surface area contributed by atoms with Gasteiger partial charge in [-0.05, 0) is 52.7 Å². The average Bonchev–Trinajstić information content (AvgIpc) is 2.40. The summed E-state index contributed by atoms with van der Waals surface area (Å²) in [5.74, 6) is 0.302. The summed E-state index contributed by atoms with van der Waals surface area (Å²) >= 11 is 6.52. The molecule has 0 bridgehead atoms. The molecule has 0 aromatic heterocycles. The van der Waals surface area contributed by atoms with E-state index in [2.05, 4.69) is 31.9 Å². The number of aliphatic hydroxyl groups is 1. The lowest BCUT2D eigenvalue weighted by Crippen LogP contribution is -2.01. The van der Waals surface area contributed by atoms with Gasteiger partial charge in [-0.15, -0.1) is 0 Å². The first kappa shape index (κ1) is 15.5. The fraction of sp³-hybridized carbons (Fsp3) is 0.200. The highest BCUT2D eigenvalue weighted by molar-refractivity contribution is 9.10. The van der Waals surface area contributed by atoms with Crippen molar-refractivity contribution in [2.75, 3.05) is 0 Å². The van der Waals surface area contributed by atoms with Gasteiger partial charge in [0.2, 0.25) is 0 Å². The largest absolute Gasteiger partial charge is 0.488 e. The van der Waals surface area contributed by atoms with Gasteiger partial charge in [0, 0.05) is 10.0 Å². The molecule has 1 atom stereocenters. The van der Waals surface area contributed by atoms with Crippen LogP contribution in [0.3, 0.4) is 0 Å². The quantitative estimate of drug-likeness (QED) is 0.779. The Morgan fingerprint density at radius 3 is 2.60 bits per heavy atom. The van der Waals surface area contributed by atoms with E-state index in [4.69, 9.17) is 4.74 Å². The van der Waals surface area contributed by atoms with Crippen molar-refractivity contribution in [1.82, 2.24) is 0 Å². The Morgan fingerprint density at radius 2 is 1.95 bits per heavy atom. The van der Waals surface area contributed by atoms with Gasteiger partial charge in [-0.3, -0.25) is 0 Å². The normalized spacial score (nSPS) is 12.2. The van der Waals surface area contributed by atoms with E-state index in [1.54, 1.807) is 25.1 Å². The molecule has 0 saturated heterocycles. The van der Waals surface area contributed by atoms with E-state index in [-0.39, 0.29) is 5.82 Å². The second-order valence-electron chi connectivity index (χ2n) is 4.40. The summed E-state index contributed by atoms with van der Waals surface area (Å²) < 4.78 is 20.2. The van der Waals surface area contributed by atoms with E-state index in [1.165, 1.54) is 6.07 Å². The summed E-state index contributed by atoms with van der Waals surface area (Å²) in [6.45, 7) is 1.99. The van der Waals surface area contributed by atoms with Gasteiger partial charge in [0.05, 0.1) is 10.6 Å². The lowest BCUT2D eigenvalue weighted by molar-refractivity contribution is 0.190. The number of ether oxygens (including phenoxy) is 1. The molecular formula is C15H13Br2FO2. The molecule has 0 aliphatic rings. The van der Waals surface area contributed by atoms with Crippen molar-refractivity contribution in [2.24, 2.45) is 0 Å². The first-order chi connectivity index (χ1) is 9.47. The molecule has 2 rings (SSSR count). The van der Waals surface area contributed by atoms with Crippen LogP contribution in [-0.4, -0.2) is 5.11 Å². The van der Waals surface area contributed by atoms with Crippen molar-refractivity contribution in [1.29, 1.82) is 0 Å². The van der Waals surface area contributed by atoms with Crippen molar-refractivity contribution in [3.05, 3.63) is 62.3 Å². The number of aliphatic hydroxyl groups excluding tert-OH is 1. The Hall–Kier alpha value is -0.910. The van der Waals surface area contributed by atoms with E-state index in [9.17, 15) is 9.50 Å². The van der Waals surface area contributed by atoms with Gasteiger partial charge < -0.3 is 9.84 Å². The lowest BCUT2D eigenvalue weighted by Gasteiger charge is -2.14. The van der Waals surface area contributed by atoms with E-state index in [0.29, 0.717) is 16.8 Å². The van der Waals surface area contributed by atoms with Gasteiger partial charge >= 0.3 is 0 Å². The number of hydrogen-bond acceptors (Lipinski definition) is 2. The van der Waals surface area contributed by atoms with Crippen molar-refractivity contribution in [3.63, 3.8) is 0 Å². The van der Waals surface area contributed by atoms with Crippen LogP contribution in [0.2, 0.25) is 0 Å². The number of hydrogen-bond donors (Lipinski definition) is 1. The Kier molecular flexibility index (Phi) is 5.18. The molecule has 0 saturated carbocycles. The van der Waals surface area contributed by atoms with E-state index < -0.39 is 6.10 Å². The molecule has 0 fully saturated rings. The van der Waals surface area contributed by atoms with Crippen LogP contribution in [0, 0.1) is 5.82 Å². The molecule has 2 aromatic rings. The Morgan fingerprint density at radius 1 is 1.20 bits per heavy atom. The zero-order chi connectivity index (χ0) is 14.7. The third-order valence-electron chi connectivity index (χ3n) is 2.80. The third-order valence-corrected chi connectivity index (χ3v) is 3.91. The minimum absolute atomic E-state index is 0.301. The first-order valence-electron chi connectivity index (χ1n) is 6.01. The van der Waals surface area contributed by atoms with Crippen LogP contribution in [0.15, 0.2) is 45.3 Å². The molecule has 20 heavy (non-hydrogen) atoms. The smallest absolute Gasteiger partial charge is 0.137 e. The van der Waals surface area contributed by atoms with Crippen molar-refractivity contribution < 1.29 is 14.2 Å². The van der Waals surface area contributed by atoms with E-state index >= 15 is 0 Å². The molecule has 2 nitrogen and oxygen atoms in total. The molecule has 0 spiro atoms. The molecule has 0 amide bonds. The maximum absolute atomic E-state index is 13.2. The van der Waals surface area contributed by atoms with Crippen molar-refractivity contribution in [2.45, 2.75) is 19.6 Å². The van der Waals surface area contributed by atoms with Gasteiger partial charge in [0.15, 0.2) is 0 Å². The topological polar surface area (TPSA) is 29.5 Å². The number of benzene rings is 2. The molecule has 0 unspecified atom stereocenters. The van der Waals surface area contributed by atoms with Gasteiger partial charge in [0.25, 0.3) is 0 Å². The molecular weight excluding hydrogens is 391 g/mol. The van der Waals surface area contributed by atoms with Crippen LogP contribution in [0.4, 0.5) is 4.39 Å². The summed E-state index contributed by atoms with van der Waals surface area (Å²) in [5.41, 5.74) is 1.56. The summed E-state index contributed by atoms with van der Waals surface area (Å²) in [5, 5.41) is 9.72. The highest BCUT2D eigenvalue weighted by Gasteiger charge is 2.10. The summed E-state index contributed by atoms with van der Waals surface area (Å²) in [6.07, 6.45) is -0.613. The summed E-state index contributed by atoms with van der Waals surface area (Å²) in [4.78, 5) is 0. The van der Waals surface area contributed by atoms with Gasteiger partial charge in [-0.2, -0.15) is 0 Å². The Balaban J connectivity index is 2.17. The Bertz CT molecular complexity index is 615. The number of halogens is 3. The predicted octanol–water partition coefficient (Wildman–Crippen LogP) is 4.98. The fourth-order valence-electron chi connectivity index (χ4n) is 1.77. The second-order valence-corrected chi connectivity index (χ2v) is 6.17. The third kappa shape index (κ3) is 3.81. The highest BCUT2D eigenvalue weighted by Crippen LogP contribution is 2.29. The average molecular weight is 404 g/mol. The first-order valence-corrected chi connectivity index (χ1v) is 7.60. The van der Waals surface area contributed by atoms with Crippen LogP contribution in [-0.2, 0) is 6.61 Å². The van der Waals surface area contributed by atoms with Gasteiger partial charge in [-0.1, -0.05) is 28.1 Å². The molecule has 5 heteroatoms. The molecule has 0 radical (unpaired) electrons. The zero-order valence-electron chi connectivity index (χ0n) is 10.7. The predicted molar refractivity (Wildman–Crippen MR) is 83.2 cm³/mol. The van der Waals surface area contributed by atoms with Crippen LogP contribution in [0.25, 0.3) is 0 Å². The summed E-state index contributed by atoms with van der Waals surface area (Å²) in [7, 11) is 0. The van der Waals surface area contributed by atoms with Gasteiger partial charge in [-0.25, -0.2) is 4.39 Å². The fourth-order valence-corrected chi connectivity index (χ4v) is 2.54. The Labute approximate surface area is 133 Å². The minimum atomic E-state index is -0.613. The molecule has 0 aliphatic carbocycles. The SMILES string of the molecule is C[C@@H](O)c1ccc(Br)cc1OCc1ccc(F)c(Br)c1. The highest BCUT2D eigenvalue weighted by atomic mass is 79.9. The standard InChI is InChI=1S/C15H13Br2FO2/c1-9(19)12-4-3-11(16)7-15(12)20-8-10-2-5-14(18)13(17)6-10/h2-7,9,19H,8H2,1H3/t9-/m1/s1. The van der Waals surface area contributed by atoms with E-state index in [1.807, 2.05) is 12.1 Å².